The molecule has 3 rings (SSSR count). The summed E-state index contributed by atoms with van der Waals surface area (Å²) in [7, 11) is -4.15. The number of aryl methyl sites for hydroxylation is 3. The molecule has 0 spiro atoms. The van der Waals surface area contributed by atoms with Crippen LogP contribution in [0.2, 0.25) is 10.0 Å². The van der Waals surface area contributed by atoms with Crippen molar-refractivity contribution in [2.45, 2.75) is 71.5 Å². The van der Waals surface area contributed by atoms with E-state index in [4.69, 9.17) is 23.2 Å². The van der Waals surface area contributed by atoms with Crippen LogP contribution in [0, 0.1) is 20.8 Å². The van der Waals surface area contributed by atoms with Gasteiger partial charge in [-0.05, 0) is 102 Å². The SMILES string of the molecule is Cc1ccc(S(=O)(=O)N(CC(=O)N(Cc2ccc(Cl)c(Cl)c2)[C@@H](C)C(=O)NC(C)(C)C)c2cc(C)cc(C)c2)cc1. The molecule has 3 aromatic rings. The number of sulfonamides is 1. The van der Waals surface area contributed by atoms with Gasteiger partial charge in [-0.3, -0.25) is 13.9 Å². The summed E-state index contributed by atoms with van der Waals surface area (Å²) in [5, 5.41) is 3.58. The fraction of sp³-hybridized carbons (Fsp3) is 0.355. The maximum atomic E-state index is 14.1. The summed E-state index contributed by atoms with van der Waals surface area (Å²) >= 11 is 12.3. The fourth-order valence-corrected chi connectivity index (χ4v) is 6.07. The Labute approximate surface area is 253 Å². The summed E-state index contributed by atoms with van der Waals surface area (Å²) in [6.45, 7) is 12.2. The molecule has 0 radical (unpaired) electrons. The first-order valence-corrected chi connectivity index (χ1v) is 15.4. The van der Waals surface area contributed by atoms with Crippen LogP contribution >= 0.6 is 23.2 Å². The largest absolute Gasteiger partial charge is 0.350 e. The average molecular weight is 619 g/mol. The molecule has 41 heavy (non-hydrogen) atoms. The van der Waals surface area contributed by atoms with E-state index in [0.717, 1.165) is 21.0 Å². The lowest BCUT2D eigenvalue weighted by molar-refractivity contribution is -0.140. The van der Waals surface area contributed by atoms with Gasteiger partial charge in [0.05, 0.1) is 20.6 Å². The molecule has 2 amide bonds. The minimum atomic E-state index is -4.15. The predicted octanol–water partition coefficient (Wildman–Crippen LogP) is 6.45. The number of carbonyl (C=O) groups is 2. The number of amides is 2. The molecule has 220 valence electrons. The quantitative estimate of drug-likeness (QED) is 0.299. The molecule has 0 saturated heterocycles. The minimum absolute atomic E-state index is 0.0136. The van der Waals surface area contributed by atoms with Crippen molar-refractivity contribution in [3.05, 3.63) is 93.0 Å². The van der Waals surface area contributed by atoms with Crippen LogP contribution in [0.5, 0.6) is 0 Å². The Morgan fingerprint density at radius 2 is 1.44 bits per heavy atom. The van der Waals surface area contributed by atoms with Crippen LogP contribution < -0.4 is 9.62 Å². The van der Waals surface area contributed by atoms with Crippen molar-refractivity contribution in [1.82, 2.24) is 10.2 Å². The van der Waals surface area contributed by atoms with E-state index in [0.29, 0.717) is 21.3 Å². The van der Waals surface area contributed by atoms with Crippen LogP contribution in [0.4, 0.5) is 5.69 Å². The van der Waals surface area contributed by atoms with Crippen LogP contribution in [0.1, 0.15) is 49.9 Å². The van der Waals surface area contributed by atoms with E-state index < -0.39 is 34.1 Å². The Kier molecular flexibility index (Phi) is 10.2. The molecule has 0 aliphatic rings. The third-order valence-corrected chi connectivity index (χ3v) is 8.91. The summed E-state index contributed by atoms with van der Waals surface area (Å²) in [6, 6.07) is 15.9. The molecule has 0 aliphatic heterocycles. The number of rotatable bonds is 9. The maximum absolute atomic E-state index is 14.1. The van der Waals surface area contributed by atoms with Crippen molar-refractivity contribution in [2.75, 3.05) is 10.8 Å². The second-order valence-corrected chi connectivity index (χ2v) is 14.0. The van der Waals surface area contributed by atoms with Crippen LogP contribution in [-0.4, -0.2) is 43.3 Å². The number of benzene rings is 3. The fourth-order valence-electron chi connectivity index (χ4n) is 4.35. The second-order valence-electron chi connectivity index (χ2n) is 11.4. The van der Waals surface area contributed by atoms with Crippen LogP contribution in [-0.2, 0) is 26.2 Å². The lowest BCUT2D eigenvalue weighted by Crippen LogP contribution is -2.54. The van der Waals surface area contributed by atoms with E-state index in [-0.39, 0.29) is 17.3 Å². The zero-order valence-corrected chi connectivity index (χ0v) is 26.8. The van der Waals surface area contributed by atoms with E-state index >= 15 is 0 Å². The molecule has 1 N–H and O–H groups in total. The number of nitrogens with one attached hydrogen (secondary N) is 1. The van der Waals surface area contributed by atoms with Gasteiger partial charge in [0.15, 0.2) is 0 Å². The number of anilines is 1. The molecule has 10 heteroatoms. The molecule has 0 heterocycles. The number of hydrogen-bond acceptors (Lipinski definition) is 4. The van der Waals surface area contributed by atoms with Crippen molar-refractivity contribution in [1.29, 1.82) is 0 Å². The molecule has 0 aromatic heterocycles. The van der Waals surface area contributed by atoms with Gasteiger partial charge in [-0.1, -0.05) is 53.0 Å². The molecule has 0 aliphatic carbocycles. The zero-order chi connectivity index (χ0) is 30.7. The van der Waals surface area contributed by atoms with E-state index in [1.54, 1.807) is 49.4 Å². The van der Waals surface area contributed by atoms with Crippen LogP contribution in [0.3, 0.4) is 0 Å². The van der Waals surface area contributed by atoms with Gasteiger partial charge in [0.1, 0.15) is 12.6 Å². The maximum Gasteiger partial charge on any atom is 0.264 e. The normalized spacial score (nSPS) is 12.5. The van der Waals surface area contributed by atoms with Gasteiger partial charge < -0.3 is 10.2 Å². The van der Waals surface area contributed by atoms with Crippen molar-refractivity contribution in [3.63, 3.8) is 0 Å². The third-order valence-electron chi connectivity index (χ3n) is 6.38. The number of halogens is 2. The Morgan fingerprint density at radius 1 is 0.854 bits per heavy atom. The smallest absolute Gasteiger partial charge is 0.264 e. The van der Waals surface area contributed by atoms with E-state index in [9.17, 15) is 18.0 Å². The first kappa shape index (κ1) is 32.4. The van der Waals surface area contributed by atoms with Crippen LogP contribution in [0.15, 0.2) is 65.6 Å². The summed E-state index contributed by atoms with van der Waals surface area (Å²) in [4.78, 5) is 28.7. The first-order valence-electron chi connectivity index (χ1n) is 13.2. The topological polar surface area (TPSA) is 86.8 Å². The zero-order valence-electron chi connectivity index (χ0n) is 24.5. The number of nitrogens with zero attached hydrogens (tertiary/aromatic N) is 2. The molecule has 0 bridgehead atoms. The standard InChI is InChI=1S/C31H37Cl2N3O4S/c1-20-8-11-26(12-9-20)41(39,40)36(25-15-21(2)14-22(3)16-25)19-29(37)35(23(4)30(38)34-31(5,6)7)18-24-10-13-27(32)28(33)17-24/h8-17,23H,18-19H2,1-7H3,(H,34,38)/t23-/m0/s1. The molecule has 0 fully saturated rings. The van der Waals surface area contributed by atoms with Crippen molar-refractivity contribution in [3.8, 4) is 0 Å². The van der Waals surface area contributed by atoms with Gasteiger partial charge in [0.2, 0.25) is 11.8 Å². The molecule has 0 saturated carbocycles. The number of hydrogen-bond donors (Lipinski definition) is 1. The van der Waals surface area contributed by atoms with Crippen molar-refractivity contribution >= 4 is 50.7 Å². The van der Waals surface area contributed by atoms with Gasteiger partial charge in [-0.25, -0.2) is 8.42 Å². The molecule has 7 nitrogen and oxygen atoms in total. The summed E-state index contributed by atoms with van der Waals surface area (Å²) in [6.07, 6.45) is 0. The molecular weight excluding hydrogens is 581 g/mol. The van der Waals surface area contributed by atoms with Gasteiger partial charge in [0.25, 0.3) is 10.0 Å². The molecule has 1 atom stereocenters. The molecule has 3 aromatic carbocycles. The average Bonchev–Trinajstić information content (AvgIpc) is 2.85. The Morgan fingerprint density at radius 3 is 1.98 bits per heavy atom. The second kappa shape index (κ2) is 12.8. The highest BCUT2D eigenvalue weighted by atomic mass is 35.5. The van der Waals surface area contributed by atoms with E-state index in [1.807, 2.05) is 47.6 Å². The highest BCUT2D eigenvalue weighted by Crippen LogP contribution is 2.28. The summed E-state index contributed by atoms with van der Waals surface area (Å²) < 4.78 is 29.1. The van der Waals surface area contributed by atoms with Gasteiger partial charge in [-0.2, -0.15) is 0 Å². The number of carbonyl (C=O) groups excluding carboxylic acids is 2. The van der Waals surface area contributed by atoms with Crippen molar-refractivity contribution in [2.24, 2.45) is 0 Å². The predicted molar refractivity (Wildman–Crippen MR) is 166 cm³/mol. The van der Waals surface area contributed by atoms with Crippen molar-refractivity contribution < 1.29 is 18.0 Å². The van der Waals surface area contributed by atoms with E-state index in [1.165, 1.54) is 17.0 Å². The molecular formula is C31H37Cl2N3O4S. The lowest BCUT2D eigenvalue weighted by Gasteiger charge is -2.33. The Balaban J connectivity index is 2.09. The lowest BCUT2D eigenvalue weighted by atomic mass is 10.1. The van der Waals surface area contributed by atoms with Gasteiger partial charge >= 0.3 is 0 Å². The minimum Gasteiger partial charge on any atom is -0.350 e. The monoisotopic (exact) mass is 617 g/mol. The third kappa shape index (κ3) is 8.47. The Hall–Kier alpha value is -3.07. The van der Waals surface area contributed by atoms with Gasteiger partial charge in [-0.15, -0.1) is 0 Å². The summed E-state index contributed by atoms with van der Waals surface area (Å²) in [5.74, 6) is -0.923. The first-order chi connectivity index (χ1) is 19.0. The molecule has 0 unspecified atom stereocenters. The summed E-state index contributed by atoms with van der Waals surface area (Å²) in [5.41, 5.74) is 3.07. The van der Waals surface area contributed by atoms with E-state index in [2.05, 4.69) is 5.32 Å². The highest BCUT2D eigenvalue weighted by molar-refractivity contribution is 7.92. The highest BCUT2D eigenvalue weighted by Gasteiger charge is 2.33. The van der Waals surface area contributed by atoms with Crippen LogP contribution in [0.25, 0.3) is 0 Å². The Bertz CT molecular complexity index is 1510. The van der Waals surface area contributed by atoms with Gasteiger partial charge in [0, 0.05) is 12.1 Å².